The Hall–Kier alpha value is -1.91. The first kappa shape index (κ1) is 15.5. The van der Waals surface area contributed by atoms with E-state index in [1.165, 1.54) is 18.2 Å². The number of carboxylic acid groups (broad SMARTS) is 1. The number of likely N-dealkylation sites (tertiary alicyclic amines) is 1. The number of nitrogens with zero attached hydrogens (tertiary/aromatic N) is 1. The smallest absolute Gasteiger partial charge is 0.303 e. The summed E-state index contributed by atoms with van der Waals surface area (Å²) in [6.45, 7) is 2.99. The van der Waals surface area contributed by atoms with E-state index in [1.807, 2.05) is 0 Å². The third kappa shape index (κ3) is 4.03. The Kier molecular flexibility index (Phi) is 4.94. The predicted molar refractivity (Wildman–Crippen MR) is 76.6 cm³/mol. The van der Waals surface area contributed by atoms with Gasteiger partial charge < -0.3 is 10.0 Å². The van der Waals surface area contributed by atoms with Crippen LogP contribution in [0.15, 0.2) is 18.2 Å². The molecule has 1 N–H and O–H groups in total. The van der Waals surface area contributed by atoms with E-state index >= 15 is 0 Å². The number of carbonyl (C=O) groups excluding carboxylic acids is 1. The molecular formula is C16H20FNO3. The SMILES string of the molecule is Cc1cc(F)ccc1C(=O)N1CCCC(CCC(=O)O)C1. The van der Waals surface area contributed by atoms with Crippen LogP contribution >= 0.6 is 0 Å². The van der Waals surface area contributed by atoms with E-state index in [4.69, 9.17) is 5.11 Å². The van der Waals surface area contributed by atoms with Crippen molar-refractivity contribution in [3.8, 4) is 0 Å². The number of carbonyl (C=O) groups is 2. The lowest BCUT2D eigenvalue weighted by Gasteiger charge is -2.33. The quantitative estimate of drug-likeness (QED) is 0.928. The van der Waals surface area contributed by atoms with Gasteiger partial charge in [-0.1, -0.05) is 0 Å². The van der Waals surface area contributed by atoms with Gasteiger partial charge in [-0.3, -0.25) is 9.59 Å². The molecule has 114 valence electrons. The Balaban J connectivity index is 2.03. The number of amides is 1. The topological polar surface area (TPSA) is 57.6 Å². The minimum Gasteiger partial charge on any atom is -0.481 e. The van der Waals surface area contributed by atoms with E-state index in [1.54, 1.807) is 11.8 Å². The van der Waals surface area contributed by atoms with Gasteiger partial charge in [0.2, 0.25) is 0 Å². The molecule has 5 heteroatoms. The van der Waals surface area contributed by atoms with Crippen LogP contribution in [0, 0.1) is 18.7 Å². The van der Waals surface area contributed by atoms with Crippen molar-refractivity contribution >= 4 is 11.9 Å². The minimum atomic E-state index is -0.798. The van der Waals surface area contributed by atoms with Crippen molar-refractivity contribution in [1.29, 1.82) is 0 Å². The predicted octanol–water partition coefficient (Wildman–Crippen LogP) is 2.85. The molecule has 1 atom stereocenters. The molecule has 0 spiro atoms. The molecule has 2 rings (SSSR count). The van der Waals surface area contributed by atoms with Gasteiger partial charge in [0.25, 0.3) is 5.91 Å². The maximum Gasteiger partial charge on any atom is 0.303 e. The Bertz CT molecular complexity index is 544. The zero-order valence-corrected chi connectivity index (χ0v) is 12.1. The summed E-state index contributed by atoms with van der Waals surface area (Å²) in [7, 11) is 0. The molecule has 1 saturated heterocycles. The van der Waals surface area contributed by atoms with Crippen molar-refractivity contribution in [2.75, 3.05) is 13.1 Å². The van der Waals surface area contributed by atoms with Crippen molar-refractivity contribution in [3.63, 3.8) is 0 Å². The van der Waals surface area contributed by atoms with Gasteiger partial charge in [0.15, 0.2) is 0 Å². The van der Waals surface area contributed by atoms with Gasteiger partial charge in [0.1, 0.15) is 5.82 Å². The molecule has 0 aromatic heterocycles. The molecule has 1 unspecified atom stereocenters. The number of benzene rings is 1. The first-order valence-corrected chi connectivity index (χ1v) is 7.24. The van der Waals surface area contributed by atoms with Gasteiger partial charge in [-0.05, 0) is 55.9 Å². The zero-order valence-electron chi connectivity index (χ0n) is 12.1. The number of piperidine rings is 1. The molecule has 1 aromatic rings. The Morgan fingerprint density at radius 2 is 2.19 bits per heavy atom. The van der Waals surface area contributed by atoms with Crippen molar-refractivity contribution < 1.29 is 19.1 Å². The van der Waals surface area contributed by atoms with Crippen LogP contribution < -0.4 is 0 Å². The average molecular weight is 293 g/mol. The van der Waals surface area contributed by atoms with Crippen molar-refractivity contribution in [3.05, 3.63) is 35.1 Å². The third-order valence-electron chi connectivity index (χ3n) is 3.99. The second-order valence-corrected chi connectivity index (χ2v) is 5.65. The van der Waals surface area contributed by atoms with Gasteiger partial charge in [0, 0.05) is 25.1 Å². The number of halogens is 1. The van der Waals surface area contributed by atoms with E-state index in [-0.39, 0.29) is 24.1 Å². The third-order valence-corrected chi connectivity index (χ3v) is 3.99. The van der Waals surface area contributed by atoms with Gasteiger partial charge in [0.05, 0.1) is 0 Å². The summed E-state index contributed by atoms with van der Waals surface area (Å²) >= 11 is 0. The summed E-state index contributed by atoms with van der Waals surface area (Å²) in [5.41, 5.74) is 1.16. The molecule has 1 amide bonds. The van der Waals surface area contributed by atoms with Crippen LogP contribution in [-0.2, 0) is 4.79 Å². The Morgan fingerprint density at radius 3 is 2.86 bits per heavy atom. The summed E-state index contributed by atoms with van der Waals surface area (Å²) in [5, 5.41) is 8.74. The fourth-order valence-electron chi connectivity index (χ4n) is 2.85. The molecule has 1 aromatic carbocycles. The number of aliphatic carboxylic acids is 1. The second kappa shape index (κ2) is 6.70. The normalized spacial score (nSPS) is 18.6. The standard InChI is InChI=1S/C16H20FNO3/c1-11-9-13(17)5-6-14(11)16(21)18-8-2-3-12(10-18)4-7-15(19)20/h5-6,9,12H,2-4,7-8,10H2,1H3,(H,19,20). The number of aryl methyl sites for hydroxylation is 1. The molecule has 1 aliphatic rings. The van der Waals surface area contributed by atoms with Gasteiger partial charge in [-0.25, -0.2) is 4.39 Å². The van der Waals surface area contributed by atoms with Crippen LogP contribution in [0.1, 0.15) is 41.6 Å². The highest BCUT2D eigenvalue weighted by atomic mass is 19.1. The van der Waals surface area contributed by atoms with Gasteiger partial charge >= 0.3 is 5.97 Å². The summed E-state index contributed by atoms with van der Waals surface area (Å²) < 4.78 is 13.1. The second-order valence-electron chi connectivity index (χ2n) is 5.65. The number of carboxylic acids is 1. The van der Waals surface area contributed by atoms with Crippen molar-refractivity contribution in [2.45, 2.75) is 32.6 Å². The molecule has 0 aliphatic carbocycles. The highest BCUT2D eigenvalue weighted by Gasteiger charge is 2.25. The summed E-state index contributed by atoms with van der Waals surface area (Å²) in [6, 6.07) is 4.18. The van der Waals surface area contributed by atoms with Crippen molar-refractivity contribution in [2.24, 2.45) is 5.92 Å². The largest absolute Gasteiger partial charge is 0.481 e. The fourth-order valence-corrected chi connectivity index (χ4v) is 2.85. The van der Waals surface area contributed by atoms with E-state index in [9.17, 15) is 14.0 Å². The fraction of sp³-hybridized carbons (Fsp3) is 0.500. The van der Waals surface area contributed by atoms with Crippen LogP contribution in [-0.4, -0.2) is 35.0 Å². The van der Waals surface area contributed by atoms with Crippen LogP contribution in [0.25, 0.3) is 0 Å². The molecular weight excluding hydrogens is 273 g/mol. The number of hydrogen-bond acceptors (Lipinski definition) is 2. The highest BCUT2D eigenvalue weighted by molar-refractivity contribution is 5.95. The van der Waals surface area contributed by atoms with Gasteiger partial charge in [-0.2, -0.15) is 0 Å². The maximum absolute atomic E-state index is 13.1. The van der Waals surface area contributed by atoms with E-state index in [0.29, 0.717) is 30.6 Å². The first-order chi connectivity index (χ1) is 9.97. The maximum atomic E-state index is 13.1. The minimum absolute atomic E-state index is 0.0903. The number of rotatable bonds is 4. The molecule has 0 bridgehead atoms. The van der Waals surface area contributed by atoms with Crippen LogP contribution in [0.4, 0.5) is 4.39 Å². The molecule has 1 fully saturated rings. The lowest BCUT2D eigenvalue weighted by atomic mass is 9.92. The molecule has 4 nitrogen and oxygen atoms in total. The van der Waals surface area contributed by atoms with Crippen LogP contribution in [0.3, 0.4) is 0 Å². The Labute approximate surface area is 123 Å². The molecule has 21 heavy (non-hydrogen) atoms. The molecule has 0 radical (unpaired) electrons. The van der Waals surface area contributed by atoms with E-state index in [0.717, 1.165) is 12.8 Å². The molecule has 1 aliphatic heterocycles. The molecule has 0 saturated carbocycles. The lowest BCUT2D eigenvalue weighted by Crippen LogP contribution is -2.40. The van der Waals surface area contributed by atoms with Crippen molar-refractivity contribution in [1.82, 2.24) is 4.90 Å². The van der Waals surface area contributed by atoms with Gasteiger partial charge in [-0.15, -0.1) is 0 Å². The summed E-state index contributed by atoms with van der Waals surface area (Å²) in [6.07, 6.45) is 2.58. The number of hydrogen-bond donors (Lipinski definition) is 1. The first-order valence-electron chi connectivity index (χ1n) is 7.24. The van der Waals surface area contributed by atoms with Crippen LogP contribution in [0.2, 0.25) is 0 Å². The van der Waals surface area contributed by atoms with Crippen LogP contribution in [0.5, 0.6) is 0 Å². The monoisotopic (exact) mass is 293 g/mol. The van der Waals surface area contributed by atoms with E-state index < -0.39 is 5.97 Å². The Morgan fingerprint density at radius 1 is 1.43 bits per heavy atom. The molecule has 1 heterocycles. The lowest BCUT2D eigenvalue weighted by molar-refractivity contribution is -0.137. The highest BCUT2D eigenvalue weighted by Crippen LogP contribution is 2.23. The summed E-state index contributed by atoms with van der Waals surface area (Å²) in [4.78, 5) is 24.9. The zero-order chi connectivity index (χ0) is 15.4. The average Bonchev–Trinajstić information content (AvgIpc) is 2.45. The summed E-state index contributed by atoms with van der Waals surface area (Å²) in [5.74, 6) is -0.998. The van der Waals surface area contributed by atoms with E-state index in [2.05, 4.69) is 0 Å².